The first-order chi connectivity index (χ1) is 8.81. The summed E-state index contributed by atoms with van der Waals surface area (Å²) in [4.78, 5) is 11.0. The Bertz CT molecular complexity index is 508. The standard InChI is InChI=1S/C11H8F4N2O2/c12-8-3-7(4-16)1-2-9(8)19-5-10(18)17-6-11(13,14)15/h1-3H,5-6H2,(H,17,18). The molecule has 4 nitrogen and oxygen atoms in total. The highest BCUT2D eigenvalue weighted by atomic mass is 19.4. The number of halogens is 4. The molecule has 0 aromatic heterocycles. The van der Waals surface area contributed by atoms with Crippen molar-refractivity contribution in [3.63, 3.8) is 0 Å². The number of nitriles is 1. The van der Waals surface area contributed by atoms with E-state index in [1.54, 1.807) is 11.4 Å². The summed E-state index contributed by atoms with van der Waals surface area (Å²) in [5, 5.41) is 10.1. The quantitative estimate of drug-likeness (QED) is 0.852. The molecule has 102 valence electrons. The summed E-state index contributed by atoms with van der Waals surface area (Å²) in [5.74, 6) is -2.22. The zero-order chi connectivity index (χ0) is 14.5. The van der Waals surface area contributed by atoms with Crippen LogP contribution in [0.4, 0.5) is 17.6 Å². The summed E-state index contributed by atoms with van der Waals surface area (Å²) in [5.41, 5.74) is 0.0615. The zero-order valence-electron chi connectivity index (χ0n) is 9.42. The Morgan fingerprint density at radius 1 is 1.42 bits per heavy atom. The Morgan fingerprint density at radius 3 is 2.63 bits per heavy atom. The van der Waals surface area contributed by atoms with E-state index in [-0.39, 0.29) is 11.3 Å². The first-order valence-corrected chi connectivity index (χ1v) is 4.98. The Kier molecular flexibility index (Phi) is 4.69. The van der Waals surface area contributed by atoms with E-state index in [1.165, 1.54) is 6.07 Å². The number of rotatable bonds is 4. The van der Waals surface area contributed by atoms with E-state index in [9.17, 15) is 22.4 Å². The molecule has 0 fully saturated rings. The molecule has 1 N–H and O–H groups in total. The molecule has 1 rings (SSSR count). The molecule has 0 heterocycles. The molecule has 0 bridgehead atoms. The molecule has 0 aliphatic heterocycles. The van der Waals surface area contributed by atoms with Crippen LogP contribution in [-0.4, -0.2) is 25.2 Å². The van der Waals surface area contributed by atoms with E-state index in [4.69, 9.17) is 10.00 Å². The highest BCUT2D eigenvalue weighted by Gasteiger charge is 2.27. The van der Waals surface area contributed by atoms with Crippen molar-refractivity contribution in [1.82, 2.24) is 5.32 Å². The van der Waals surface area contributed by atoms with Gasteiger partial charge in [0.15, 0.2) is 18.2 Å². The second kappa shape index (κ2) is 6.04. The Balaban J connectivity index is 2.49. The van der Waals surface area contributed by atoms with Gasteiger partial charge >= 0.3 is 6.18 Å². The summed E-state index contributed by atoms with van der Waals surface area (Å²) in [6, 6.07) is 4.96. The molecule has 1 aromatic carbocycles. The Hall–Kier alpha value is -2.30. The van der Waals surface area contributed by atoms with E-state index in [2.05, 4.69) is 0 Å². The van der Waals surface area contributed by atoms with Crippen LogP contribution in [0.2, 0.25) is 0 Å². The number of alkyl halides is 3. The van der Waals surface area contributed by atoms with E-state index in [1.807, 2.05) is 0 Å². The molecule has 0 atom stereocenters. The van der Waals surface area contributed by atoms with Crippen LogP contribution in [0.1, 0.15) is 5.56 Å². The average molecular weight is 276 g/mol. The number of nitrogens with zero attached hydrogens (tertiary/aromatic N) is 1. The summed E-state index contributed by atoms with van der Waals surface area (Å²) < 4.78 is 53.3. The van der Waals surface area contributed by atoms with Crippen LogP contribution >= 0.6 is 0 Å². The van der Waals surface area contributed by atoms with Crippen molar-refractivity contribution in [3.8, 4) is 11.8 Å². The third-order valence-corrected chi connectivity index (χ3v) is 1.91. The van der Waals surface area contributed by atoms with E-state index in [0.717, 1.165) is 12.1 Å². The van der Waals surface area contributed by atoms with Crippen molar-refractivity contribution in [3.05, 3.63) is 29.6 Å². The highest BCUT2D eigenvalue weighted by Crippen LogP contribution is 2.17. The van der Waals surface area contributed by atoms with Crippen LogP contribution in [0.15, 0.2) is 18.2 Å². The summed E-state index contributed by atoms with van der Waals surface area (Å²) in [6.07, 6.45) is -4.52. The van der Waals surface area contributed by atoms with Gasteiger partial charge in [-0.2, -0.15) is 18.4 Å². The highest BCUT2D eigenvalue weighted by molar-refractivity contribution is 5.77. The smallest absolute Gasteiger partial charge is 0.405 e. The normalized spacial score (nSPS) is 10.7. The lowest BCUT2D eigenvalue weighted by atomic mass is 10.2. The molecular weight excluding hydrogens is 268 g/mol. The monoisotopic (exact) mass is 276 g/mol. The van der Waals surface area contributed by atoms with Crippen molar-refractivity contribution >= 4 is 5.91 Å². The topological polar surface area (TPSA) is 62.1 Å². The van der Waals surface area contributed by atoms with Crippen LogP contribution in [0, 0.1) is 17.1 Å². The minimum atomic E-state index is -4.52. The van der Waals surface area contributed by atoms with Gasteiger partial charge in [-0.15, -0.1) is 0 Å². The van der Waals surface area contributed by atoms with Gasteiger partial charge in [-0.05, 0) is 18.2 Å². The maximum absolute atomic E-state index is 13.3. The number of carbonyl (C=O) groups excluding carboxylic acids is 1. The number of nitrogens with one attached hydrogen (secondary N) is 1. The third-order valence-electron chi connectivity index (χ3n) is 1.91. The largest absolute Gasteiger partial charge is 0.481 e. The summed E-state index contributed by atoms with van der Waals surface area (Å²) in [7, 11) is 0. The molecule has 1 aromatic rings. The van der Waals surface area contributed by atoms with Crippen LogP contribution in [-0.2, 0) is 4.79 Å². The number of carbonyl (C=O) groups is 1. The maximum Gasteiger partial charge on any atom is 0.405 e. The van der Waals surface area contributed by atoms with E-state index < -0.39 is 31.1 Å². The molecule has 0 spiro atoms. The Labute approximate surface area is 105 Å². The maximum atomic E-state index is 13.3. The van der Waals surface area contributed by atoms with E-state index in [0.29, 0.717) is 0 Å². The molecule has 0 saturated carbocycles. The predicted molar refractivity (Wildman–Crippen MR) is 55.7 cm³/mol. The minimum Gasteiger partial charge on any atom is -0.481 e. The van der Waals surface area contributed by atoms with Crippen LogP contribution in [0.3, 0.4) is 0 Å². The van der Waals surface area contributed by atoms with Crippen molar-refractivity contribution < 1.29 is 27.1 Å². The lowest BCUT2D eigenvalue weighted by Gasteiger charge is -2.09. The van der Waals surface area contributed by atoms with Crippen molar-refractivity contribution in [1.29, 1.82) is 5.26 Å². The number of ether oxygens (including phenoxy) is 1. The molecule has 0 radical (unpaired) electrons. The fraction of sp³-hybridized carbons (Fsp3) is 0.273. The first-order valence-electron chi connectivity index (χ1n) is 4.98. The van der Waals surface area contributed by atoms with Crippen LogP contribution < -0.4 is 10.1 Å². The number of benzene rings is 1. The molecule has 19 heavy (non-hydrogen) atoms. The zero-order valence-corrected chi connectivity index (χ0v) is 9.42. The van der Waals surface area contributed by atoms with Crippen LogP contribution in [0.5, 0.6) is 5.75 Å². The van der Waals surface area contributed by atoms with Crippen molar-refractivity contribution in [2.24, 2.45) is 0 Å². The van der Waals surface area contributed by atoms with Gasteiger partial charge in [0.25, 0.3) is 5.91 Å². The molecule has 0 aliphatic carbocycles. The number of hydrogen-bond acceptors (Lipinski definition) is 3. The van der Waals surface area contributed by atoms with Crippen molar-refractivity contribution in [2.75, 3.05) is 13.2 Å². The molecule has 8 heteroatoms. The second-order valence-corrected chi connectivity index (χ2v) is 3.44. The fourth-order valence-corrected chi connectivity index (χ4v) is 1.08. The van der Waals surface area contributed by atoms with Gasteiger partial charge in [0.05, 0.1) is 11.6 Å². The number of amides is 1. The third kappa shape index (κ3) is 5.25. The molecule has 0 aliphatic rings. The first kappa shape index (κ1) is 14.8. The van der Waals surface area contributed by atoms with Gasteiger partial charge in [-0.3, -0.25) is 4.79 Å². The van der Waals surface area contributed by atoms with Gasteiger partial charge in [0.1, 0.15) is 6.54 Å². The van der Waals surface area contributed by atoms with E-state index >= 15 is 0 Å². The summed E-state index contributed by atoms with van der Waals surface area (Å²) >= 11 is 0. The molecular formula is C11H8F4N2O2. The second-order valence-electron chi connectivity index (χ2n) is 3.44. The molecule has 1 amide bonds. The molecule has 0 unspecified atom stereocenters. The molecule has 0 saturated heterocycles. The SMILES string of the molecule is N#Cc1ccc(OCC(=O)NCC(F)(F)F)c(F)c1. The van der Waals surface area contributed by atoms with Gasteiger partial charge in [0, 0.05) is 0 Å². The van der Waals surface area contributed by atoms with Crippen LogP contribution in [0.25, 0.3) is 0 Å². The predicted octanol–water partition coefficient (Wildman–Crippen LogP) is 1.75. The van der Waals surface area contributed by atoms with Gasteiger partial charge in [-0.1, -0.05) is 0 Å². The average Bonchev–Trinajstić information content (AvgIpc) is 2.34. The van der Waals surface area contributed by atoms with Gasteiger partial charge in [0.2, 0.25) is 0 Å². The minimum absolute atomic E-state index is 0.0615. The van der Waals surface area contributed by atoms with Gasteiger partial charge in [-0.25, -0.2) is 4.39 Å². The van der Waals surface area contributed by atoms with Crippen molar-refractivity contribution in [2.45, 2.75) is 6.18 Å². The lowest BCUT2D eigenvalue weighted by molar-refractivity contribution is -0.139. The lowest BCUT2D eigenvalue weighted by Crippen LogP contribution is -2.36. The summed E-state index contributed by atoms with van der Waals surface area (Å²) in [6.45, 7) is -2.23. The fourth-order valence-electron chi connectivity index (χ4n) is 1.08. The van der Waals surface area contributed by atoms with Gasteiger partial charge < -0.3 is 10.1 Å². The Morgan fingerprint density at radius 2 is 2.11 bits per heavy atom. The number of hydrogen-bond donors (Lipinski definition) is 1.